The van der Waals surface area contributed by atoms with Crippen LogP contribution in [0.5, 0.6) is 0 Å². The molecule has 7 nitrogen and oxygen atoms in total. The summed E-state index contributed by atoms with van der Waals surface area (Å²) in [6.07, 6.45) is 7.20. The van der Waals surface area contributed by atoms with Crippen LogP contribution in [0.2, 0.25) is 0 Å². The van der Waals surface area contributed by atoms with Gasteiger partial charge in [0.25, 0.3) is 0 Å². The zero-order chi connectivity index (χ0) is 22.9. The van der Waals surface area contributed by atoms with Crippen LogP contribution in [0.25, 0.3) is 0 Å². The van der Waals surface area contributed by atoms with E-state index in [-0.39, 0.29) is 12.1 Å². The summed E-state index contributed by atoms with van der Waals surface area (Å²) < 4.78 is 5.58. The molecule has 1 aromatic carbocycles. The second-order valence-electron chi connectivity index (χ2n) is 9.08. The molecule has 1 aliphatic heterocycles. The molecule has 2 aromatic rings. The van der Waals surface area contributed by atoms with E-state index in [1.165, 1.54) is 17.7 Å². The lowest BCUT2D eigenvalue weighted by Gasteiger charge is -2.40. The molecule has 0 saturated carbocycles. The standard InChI is InChI=1S/C26H37N5O2/c27-13-4-5-16-30(24-12-6-10-22-11-7-14-29-25(22)24)18-23-19-31(17-15-28-23)26(32)33-20-21-8-2-1-3-9-21/h1-3,7-9,11,14,23-24,28H,4-6,10,12-13,15-20,27H2/t23-,24+/m1/s1. The molecule has 0 unspecified atom stereocenters. The van der Waals surface area contributed by atoms with Gasteiger partial charge in [-0.05, 0) is 62.4 Å². The molecule has 1 amide bonds. The molecule has 1 fully saturated rings. The van der Waals surface area contributed by atoms with Crippen molar-refractivity contribution in [3.05, 3.63) is 65.5 Å². The summed E-state index contributed by atoms with van der Waals surface area (Å²) in [5.41, 5.74) is 9.38. The molecule has 2 heterocycles. The SMILES string of the molecule is NCCCCN(C[C@@H]1CN(C(=O)OCc2ccccc2)CCN1)[C@H]1CCCc2cccnc21. The number of carbonyl (C=O) groups excluding carboxylic acids is 1. The van der Waals surface area contributed by atoms with Crippen molar-refractivity contribution in [2.45, 2.75) is 50.8 Å². The fraction of sp³-hybridized carbons (Fsp3) is 0.538. The van der Waals surface area contributed by atoms with Gasteiger partial charge in [0.15, 0.2) is 0 Å². The fourth-order valence-electron chi connectivity index (χ4n) is 4.98. The Morgan fingerprint density at radius 2 is 2.09 bits per heavy atom. The number of nitrogens with two attached hydrogens (primary N) is 1. The summed E-state index contributed by atoms with van der Waals surface area (Å²) in [6, 6.07) is 14.6. The molecule has 2 atom stereocenters. The van der Waals surface area contributed by atoms with Crippen molar-refractivity contribution in [2.75, 3.05) is 39.3 Å². The summed E-state index contributed by atoms with van der Waals surface area (Å²) in [6.45, 7) is 5.01. The van der Waals surface area contributed by atoms with E-state index < -0.39 is 0 Å². The van der Waals surface area contributed by atoms with Crippen LogP contribution in [0, 0.1) is 0 Å². The number of aryl methyl sites for hydroxylation is 1. The minimum atomic E-state index is -0.232. The summed E-state index contributed by atoms with van der Waals surface area (Å²) in [5, 5.41) is 3.63. The number of hydrogen-bond acceptors (Lipinski definition) is 6. The first kappa shape index (κ1) is 23.7. The number of nitrogens with zero attached hydrogens (tertiary/aromatic N) is 3. The molecule has 1 saturated heterocycles. The molecule has 1 aliphatic carbocycles. The monoisotopic (exact) mass is 451 g/mol. The molecule has 33 heavy (non-hydrogen) atoms. The molecule has 0 radical (unpaired) electrons. The van der Waals surface area contributed by atoms with Gasteiger partial charge in [0.1, 0.15) is 6.61 Å². The Bertz CT molecular complexity index is 878. The van der Waals surface area contributed by atoms with Crippen LogP contribution < -0.4 is 11.1 Å². The summed E-state index contributed by atoms with van der Waals surface area (Å²) in [5.74, 6) is 0. The predicted molar refractivity (Wildman–Crippen MR) is 130 cm³/mol. The number of ether oxygens (including phenoxy) is 1. The molecular formula is C26H37N5O2. The Morgan fingerprint density at radius 1 is 1.21 bits per heavy atom. The second-order valence-corrected chi connectivity index (χ2v) is 9.08. The number of nitrogens with one attached hydrogen (secondary N) is 1. The molecule has 178 valence electrons. The number of piperazine rings is 1. The third kappa shape index (κ3) is 6.53. The third-order valence-electron chi connectivity index (χ3n) is 6.68. The van der Waals surface area contributed by atoms with E-state index in [4.69, 9.17) is 15.5 Å². The molecule has 7 heteroatoms. The van der Waals surface area contributed by atoms with Gasteiger partial charge < -0.3 is 20.7 Å². The summed E-state index contributed by atoms with van der Waals surface area (Å²) in [7, 11) is 0. The van der Waals surface area contributed by atoms with Gasteiger partial charge in [-0.2, -0.15) is 0 Å². The number of carbonyl (C=O) groups is 1. The van der Waals surface area contributed by atoms with E-state index in [9.17, 15) is 4.79 Å². The smallest absolute Gasteiger partial charge is 0.410 e. The Balaban J connectivity index is 1.38. The van der Waals surface area contributed by atoms with E-state index in [1.807, 2.05) is 47.5 Å². The highest BCUT2D eigenvalue weighted by Crippen LogP contribution is 2.33. The van der Waals surface area contributed by atoms with Crippen LogP contribution in [-0.4, -0.2) is 66.2 Å². The number of aromatic nitrogens is 1. The minimum absolute atomic E-state index is 0.204. The van der Waals surface area contributed by atoms with Gasteiger partial charge >= 0.3 is 6.09 Å². The topological polar surface area (TPSA) is 83.7 Å². The van der Waals surface area contributed by atoms with E-state index in [2.05, 4.69) is 16.3 Å². The number of rotatable bonds is 9. The zero-order valence-corrected chi connectivity index (χ0v) is 19.5. The van der Waals surface area contributed by atoms with Gasteiger partial charge in [0.05, 0.1) is 11.7 Å². The second kappa shape index (κ2) is 12.1. The maximum Gasteiger partial charge on any atom is 0.410 e. The lowest BCUT2D eigenvalue weighted by Crippen LogP contribution is -2.57. The summed E-state index contributed by atoms with van der Waals surface area (Å²) in [4.78, 5) is 21.9. The van der Waals surface area contributed by atoms with Gasteiger partial charge in [-0.3, -0.25) is 9.88 Å². The van der Waals surface area contributed by atoms with Crippen molar-refractivity contribution >= 4 is 6.09 Å². The predicted octanol–water partition coefficient (Wildman–Crippen LogP) is 3.11. The van der Waals surface area contributed by atoms with Gasteiger partial charge in [-0.15, -0.1) is 0 Å². The van der Waals surface area contributed by atoms with Crippen molar-refractivity contribution in [3.63, 3.8) is 0 Å². The highest BCUT2D eigenvalue weighted by atomic mass is 16.6. The lowest BCUT2D eigenvalue weighted by atomic mass is 9.90. The largest absolute Gasteiger partial charge is 0.445 e. The lowest BCUT2D eigenvalue weighted by molar-refractivity contribution is 0.0750. The van der Waals surface area contributed by atoms with Crippen molar-refractivity contribution in [2.24, 2.45) is 5.73 Å². The van der Waals surface area contributed by atoms with Crippen molar-refractivity contribution in [1.29, 1.82) is 0 Å². The molecule has 4 rings (SSSR count). The van der Waals surface area contributed by atoms with Crippen LogP contribution >= 0.6 is 0 Å². The van der Waals surface area contributed by atoms with Gasteiger partial charge in [0.2, 0.25) is 0 Å². The van der Waals surface area contributed by atoms with Crippen molar-refractivity contribution < 1.29 is 9.53 Å². The molecule has 3 N–H and O–H groups in total. The number of unbranched alkanes of at least 4 members (excludes halogenated alkanes) is 1. The first-order valence-electron chi connectivity index (χ1n) is 12.3. The van der Waals surface area contributed by atoms with Gasteiger partial charge in [-0.25, -0.2) is 4.79 Å². The number of pyridine rings is 1. The number of fused-ring (bicyclic) bond motifs is 1. The quantitative estimate of drug-likeness (QED) is 0.570. The highest BCUT2D eigenvalue weighted by molar-refractivity contribution is 5.67. The molecule has 0 spiro atoms. The minimum Gasteiger partial charge on any atom is -0.445 e. The average Bonchev–Trinajstić information content (AvgIpc) is 2.87. The van der Waals surface area contributed by atoms with E-state index in [0.29, 0.717) is 25.7 Å². The van der Waals surface area contributed by atoms with Crippen LogP contribution in [0.4, 0.5) is 4.79 Å². The average molecular weight is 452 g/mol. The number of amides is 1. The van der Waals surface area contributed by atoms with Crippen molar-refractivity contribution in [1.82, 2.24) is 20.1 Å². The van der Waals surface area contributed by atoms with Gasteiger partial charge in [-0.1, -0.05) is 36.4 Å². The van der Waals surface area contributed by atoms with Crippen LogP contribution in [0.3, 0.4) is 0 Å². The summed E-state index contributed by atoms with van der Waals surface area (Å²) >= 11 is 0. The molecule has 1 aromatic heterocycles. The number of benzene rings is 1. The van der Waals surface area contributed by atoms with Crippen LogP contribution in [0.15, 0.2) is 48.7 Å². The maximum absolute atomic E-state index is 12.7. The van der Waals surface area contributed by atoms with E-state index in [1.54, 1.807) is 0 Å². The van der Waals surface area contributed by atoms with Crippen LogP contribution in [0.1, 0.15) is 48.5 Å². The normalized spacial score (nSPS) is 20.5. The Labute approximate surface area is 197 Å². The Kier molecular flexibility index (Phi) is 8.69. The van der Waals surface area contributed by atoms with E-state index in [0.717, 1.165) is 57.4 Å². The van der Waals surface area contributed by atoms with Gasteiger partial charge in [0, 0.05) is 38.4 Å². The van der Waals surface area contributed by atoms with E-state index >= 15 is 0 Å². The first-order valence-corrected chi connectivity index (χ1v) is 12.3. The fourth-order valence-corrected chi connectivity index (χ4v) is 4.98. The van der Waals surface area contributed by atoms with Crippen molar-refractivity contribution in [3.8, 4) is 0 Å². The molecule has 0 bridgehead atoms. The third-order valence-corrected chi connectivity index (χ3v) is 6.68. The maximum atomic E-state index is 12.7. The Hall–Kier alpha value is -2.48. The number of hydrogen-bond donors (Lipinski definition) is 2. The first-order chi connectivity index (χ1) is 16.2. The highest BCUT2D eigenvalue weighted by Gasteiger charge is 2.31. The zero-order valence-electron chi connectivity index (χ0n) is 19.5. The molecule has 2 aliphatic rings. The molecular weight excluding hydrogens is 414 g/mol. The van der Waals surface area contributed by atoms with Crippen LogP contribution in [-0.2, 0) is 17.8 Å². The Morgan fingerprint density at radius 3 is 2.94 bits per heavy atom.